The van der Waals surface area contributed by atoms with Crippen LogP contribution in [0, 0.1) is 8.99 Å². The van der Waals surface area contributed by atoms with E-state index in [0.29, 0.717) is 0 Å². The minimum absolute atomic E-state index is 0.0250. The van der Waals surface area contributed by atoms with Crippen molar-refractivity contribution in [1.29, 1.82) is 0 Å². The van der Waals surface area contributed by atoms with E-state index in [1.165, 1.54) is 0 Å². The molecule has 0 heterocycles. The van der Waals surface area contributed by atoms with Gasteiger partial charge < -0.3 is 5.73 Å². The molecule has 0 aliphatic carbocycles. The summed E-state index contributed by atoms with van der Waals surface area (Å²) >= 11 is 8.26. The van der Waals surface area contributed by atoms with Crippen molar-refractivity contribution in [2.24, 2.45) is 11.1 Å². The fourth-order valence-corrected chi connectivity index (χ4v) is 1.73. The Morgan fingerprint density at radius 3 is 2.36 bits per heavy atom. The lowest BCUT2D eigenvalue weighted by Gasteiger charge is -2.27. The van der Waals surface area contributed by atoms with Crippen LogP contribution >= 0.6 is 34.2 Å². The zero-order valence-corrected chi connectivity index (χ0v) is 11.6. The van der Waals surface area contributed by atoms with Crippen molar-refractivity contribution in [3.63, 3.8) is 0 Å². The van der Waals surface area contributed by atoms with Gasteiger partial charge in [-0.3, -0.25) is 0 Å². The Bertz CT molecular complexity index is 331. The SMILES string of the molecule is CC(C)(C)C(N)c1ccc(I)c(Cl)c1. The maximum absolute atomic E-state index is 6.13. The summed E-state index contributed by atoms with van der Waals surface area (Å²) in [5.74, 6) is 0. The van der Waals surface area contributed by atoms with Crippen LogP contribution in [0.5, 0.6) is 0 Å². The topological polar surface area (TPSA) is 26.0 Å². The molecular weight excluding hydrogens is 308 g/mol. The van der Waals surface area contributed by atoms with Crippen molar-refractivity contribution in [2.75, 3.05) is 0 Å². The van der Waals surface area contributed by atoms with Crippen molar-refractivity contribution in [1.82, 2.24) is 0 Å². The molecule has 1 unspecified atom stereocenters. The Balaban J connectivity index is 3.03. The molecule has 1 aromatic rings. The lowest BCUT2D eigenvalue weighted by molar-refractivity contribution is 0.327. The Kier molecular flexibility index (Phi) is 3.83. The molecule has 2 N–H and O–H groups in total. The zero-order chi connectivity index (χ0) is 10.9. The van der Waals surface area contributed by atoms with E-state index < -0.39 is 0 Å². The maximum atomic E-state index is 6.13. The highest BCUT2D eigenvalue weighted by Gasteiger charge is 2.22. The fourth-order valence-electron chi connectivity index (χ4n) is 1.21. The number of hydrogen-bond acceptors (Lipinski definition) is 1. The van der Waals surface area contributed by atoms with Gasteiger partial charge in [0.25, 0.3) is 0 Å². The van der Waals surface area contributed by atoms with Crippen LogP contribution in [0.2, 0.25) is 5.02 Å². The quantitative estimate of drug-likeness (QED) is 0.777. The van der Waals surface area contributed by atoms with Crippen LogP contribution in [0.3, 0.4) is 0 Å². The van der Waals surface area contributed by atoms with Crippen LogP contribution in [-0.4, -0.2) is 0 Å². The molecule has 0 amide bonds. The lowest BCUT2D eigenvalue weighted by atomic mass is 9.83. The predicted molar refractivity (Wildman–Crippen MR) is 70.6 cm³/mol. The molecule has 0 aliphatic heterocycles. The Labute approximate surface area is 104 Å². The second-order valence-corrected chi connectivity index (χ2v) is 6.09. The molecule has 78 valence electrons. The molecular formula is C11H15ClIN. The van der Waals surface area contributed by atoms with E-state index in [2.05, 4.69) is 43.4 Å². The first-order chi connectivity index (χ1) is 6.32. The standard InChI is InChI=1S/C11H15ClIN/c1-11(2,3)10(14)7-4-5-9(13)8(12)6-7/h4-6,10H,14H2,1-3H3. The zero-order valence-electron chi connectivity index (χ0n) is 8.64. The van der Waals surface area contributed by atoms with Gasteiger partial charge in [-0.15, -0.1) is 0 Å². The van der Waals surface area contributed by atoms with Crippen LogP contribution in [0.4, 0.5) is 0 Å². The van der Waals surface area contributed by atoms with Gasteiger partial charge in [0.15, 0.2) is 0 Å². The summed E-state index contributed by atoms with van der Waals surface area (Å²) in [6.07, 6.45) is 0. The number of hydrogen-bond donors (Lipinski definition) is 1. The Morgan fingerprint density at radius 2 is 1.93 bits per heavy atom. The number of nitrogens with two attached hydrogens (primary N) is 1. The van der Waals surface area contributed by atoms with Crippen molar-refractivity contribution in [3.8, 4) is 0 Å². The normalized spacial score (nSPS) is 14.1. The van der Waals surface area contributed by atoms with Gasteiger partial charge in [-0.2, -0.15) is 0 Å². The smallest absolute Gasteiger partial charge is 0.0542 e. The second-order valence-electron chi connectivity index (χ2n) is 4.52. The van der Waals surface area contributed by atoms with E-state index in [1.807, 2.05) is 18.2 Å². The molecule has 0 saturated carbocycles. The fraction of sp³-hybridized carbons (Fsp3) is 0.455. The summed E-state index contributed by atoms with van der Waals surface area (Å²) in [4.78, 5) is 0. The van der Waals surface area contributed by atoms with E-state index in [4.69, 9.17) is 17.3 Å². The van der Waals surface area contributed by atoms with Crippen LogP contribution in [0.1, 0.15) is 32.4 Å². The van der Waals surface area contributed by atoms with E-state index >= 15 is 0 Å². The molecule has 0 radical (unpaired) electrons. The van der Waals surface area contributed by atoms with Gasteiger partial charge >= 0.3 is 0 Å². The molecule has 0 aliphatic rings. The maximum Gasteiger partial charge on any atom is 0.0542 e. The van der Waals surface area contributed by atoms with Gasteiger partial charge in [-0.25, -0.2) is 0 Å². The van der Waals surface area contributed by atoms with Crippen molar-refractivity contribution < 1.29 is 0 Å². The van der Waals surface area contributed by atoms with E-state index in [0.717, 1.165) is 14.2 Å². The van der Waals surface area contributed by atoms with Crippen molar-refractivity contribution in [3.05, 3.63) is 32.4 Å². The second kappa shape index (κ2) is 4.37. The van der Waals surface area contributed by atoms with Gasteiger partial charge in [0.1, 0.15) is 0 Å². The molecule has 0 aromatic heterocycles. The summed E-state index contributed by atoms with van der Waals surface area (Å²) in [5.41, 5.74) is 7.30. The summed E-state index contributed by atoms with van der Waals surface area (Å²) in [5, 5.41) is 0.780. The first-order valence-corrected chi connectivity index (χ1v) is 5.98. The molecule has 0 bridgehead atoms. The van der Waals surface area contributed by atoms with Gasteiger partial charge in [0.05, 0.1) is 5.02 Å². The van der Waals surface area contributed by atoms with Crippen molar-refractivity contribution in [2.45, 2.75) is 26.8 Å². The van der Waals surface area contributed by atoms with E-state index in [1.54, 1.807) is 0 Å². The minimum atomic E-state index is 0.0250. The third kappa shape index (κ3) is 2.84. The van der Waals surface area contributed by atoms with Crippen LogP contribution in [0.25, 0.3) is 0 Å². The largest absolute Gasteiger partial charge is 0.324 e. The van der Waals surface area contributed by atoms with Gasteiger partial charge in [0.2, 0.25) is 0 Å². The number of rotatable bonds is 1. The summed E-state index contributed by atoms with van der Waals surface area (Å²) in [6.45, 7) is 6.39. The number of benzene rings is 1. The molecule has 1 rings (SSSR count). The van der Waals surface area contributed by atoms with Crippen LogP contribution in [0.15, 0.2) is 18.2 Å². The highest BCUT2D eigenvalue weighted by molar-refractivity contribution is 14.1. The molecule has 1 aromatic carbocycles. The Morgan fingerprint density at radius 1 is 1.36 bits per heavy atom. The average Bonchev–Trinajstić information content (AvgIpc) is 2.07. The average molecular weight is 324 g/mol. The predicted octanol–water partition coefficient (Wildman–Crippen LogP) is 3.99. The Hall–Kier alpha value is 0.200. The first kappa shape index (κ1) is 12.3. The van der Waals surface area contributed by atoms with Crippen LogP contribution in [-0.2, 0) is 0 Å². The van der Waals surface area contributed by atoms with E-state index in [-0.39, 0.29) is 11.5 Å². The molecule has 1 atom stereocenters. The summed E-state index contributed by atoms with van der Waals surface area (Å²) in [6, 6.07) is 6.03. The molecule has 0 fully saturated rings. The van der Waals surface area contributed by atoms with E-state index in [9.17, 15) is 0 Å². The summed E-state index contributed by atoms with van der Waals surface area (Å²) in [7, 11) is 0. The first-order valence-electron chi connectivity index (χ1n) is 4.53. The molecule has 14 heavy (non-hydrogen) atoms. The molecule has 0 spiro atoms. The van der Waals surface area contributed by atoms with Gasteiger partial charge in [-0.1, -0.05) is 38.4 Å². The lowest BCUT2D eigenvalue weighted by Crippen LogP contribution is -2.26. The summed E-state index contributed by atoms with van der Waals surface area (Å²) < 4.78 is 1.06. The van der Waals surface area contributed by atoms with Crippen LogP contribution < -0.4 is 5.73 Å². The molecule has 3 heteroatoms. The van der Waals surface area contributed by atoms with Gasteiger partial charge in [-0.05, 0) is 45.7 Å². The minimum Gasteiger partial charge on any atom is -0.324 e. The molecule has 0 saturated heterocycles. The van der Waals surface area contributed by atoms with Gasteiger partial charge in [0, 0.05) is 9.61 Å². The molecule has 1 nitrogen and oxygen atoms in total. The highest BCUT2D eigenvalue weighted by atomic mass is 127. The third-order valence-corrected chi connectivity index (χ3v) is 3.81. The highest BCUT2D eigenvalue weighted by Crippen LogP contribution is 2.32. The third-order valence-electron chi connectivity index (χ3n) is 2.24. The van der Waals surface area contributed by atoms with Crippen molar-refractivity contribution >= 4 is 34.2 Å². The number of halogens is 2. The monoisotopic (exact) mass is 323 g/mol.